The Morgan fingerprint density at radius 2 is 2.06 bits per heavy atom. The molecule has 17 heavy (non-hydrogen) atoms. The van der Waals surface area contributed by atoms with E-state index >= 15 is 0 Å². The maximum atomic E-state index is 12.0. The smallest absolute Gasteiger partial charge is 0.166 e. The van der Waals surface area contributed by atoms with Crippen molar-refractivity contribution in [3.05, 3.63) is 28.3 Å². The van der Waals surface area contributed by atoms with Gasteiger partial charge in [0, 0.05) is 11.4 Å². The molecule has 0 radical (unpaired) electrons. The van der Waals surface area contributed by atoms with Crippen LogP contribution < -0.4 is 4.74 Å². The van der Waals surface area contributed by atoms with E-state index in [-0.39, 0.29) is 5.78 Å². The normalized spacial score (nSPS) is 10.4. The fraction of sp³-hybridized carbons (Fsp3) is 0.500. The minimum atomic E-state index is 0.109. The number of unbranched alkanes of at least 4 members (excludes halogenated alkanes) is 1. The number of ether oxygens (including phenoxy) is 1. The van der Waals surface area contributed by atoms with Crippen LogP contribution >= 0.6 is 11.6 Å². The Kier molecular flexibility index (Phi) is 5.49. The van der Waals surface area contributed by atoms with Crippen molar-refractivity contribution in [3.8, 4) is 5.75 Å². The third-order valence-electron chi connectivity index (χ3n) is 2.62. The topological polar surface area (TPSA) is 26.3 Å². The van der Waals surface area contributed by atoms with Gasteiger partial charge in [-0.15, -0.1) is 0 Å². The fourth-order valence-electron chi connectivity index (χ4n) is 1.62. The third-order valence-corrected chi connectivity index (χ3v) is 3.03. The van der Waals surface area contributed by atoms with Gasteiger partial charge in [0.15, 0.2) is 5.78 Å². The summed E-state index contributed by atoms with van der Waals surface area (Å²) >= 11 is 6.06. The highest BCUT2D eigenvalue weighted by Crippen LogP contribution is 2.28. The van der Waals surface area contributed by atoms with E-state index in [2.05, 4.69) is 6.92 Å². The molecule has 0 unspecified atom stereocenters. The molecule has 0 N–H and O–H groups in total. The third kappa shape index (κ3) is 3.74. The van der Waals surface area contributed by atoms with Crippen molar-refractivity contribution in [2.45, 2.75) is 40.0 Å². The lowest BCUT2D eigenvalue weighted by Gasteiger charge is -2.11. The zero-order chi connectivity index (χ0) is 12.8. The highest BCUT2D eigenvalue weighted by molar-refractivity contribution is 6.31. The van der Waals surface area contributed by atoms with Gasteiger partial charge >= 0.3 is 0 Å². The van der Waals surface area contributed by atoms with E-state index in [4.69, 9.17) is 16.3 Å². The molecule has 1 rings (SSSR count). The fourth-order valence-corrected chi connectivity index (χ4v) is 1.78. The van der Waals surface area contributed by atoms with Crippen LogP contribution in [0, 0.1) is 6.92 Å². The van der Waals surface area contributed by atoms with Crippen LogP contribution in [0.1, 0.15) is 49.0 Å². The summed E-state index contributed by atoms with van der Waals surface area (Å²) in [4.78, 5) is 12.0. The van der Waals surface area contributed by atoms with Crippen molar-refractivity contribution >= 4 is 17.4 Å². The predicted molar refractivity (Wildman–Crippen MR) is 71.2 cm³/mol. The van der Waals surface area contributed by atoms with Gasteiger partial charge in [-0.05, 0) is 38.0 Å². The van der Waals surface area contributed by atoms with Gasteiger partial charge in [-0.2, -0.15) is 0 Å². The number of Topliss-reactive ketones (excluding diaryl/α,β-unsaturated/α-hetero) is 1. The molecule has 0 aliphatic heterocycles. The lowest BCUT2D eigenvalue weighted by atomic mass is 10.0. The van der Waals surface area contributed by atoms with Crippen molar-refractivity contribution < 1.29 is 9.53 Å². The average Bonchev–Trinajstić information content (AvgIpc) is 2.30. The number of benzene rings is 1. The standard InChI is InChI=1S/C14H19ClO2/c1-4-6-7-13(16)11-9-12(15)10(3)8-14(11)17-5-2/h8-9H,4-7H2,1-3H3. The lowest BCUT2D eigenvalue weighted by molar-refractivity contribution is 0.0976. The summed E-state index contributed by atoms with van der Waals surface area (Å²) in [5, 5.41) is 0.619. The molecule has 0 saturated heterocycles. The van der Waals surface area contributed by atoms with E-state index in [9.17, 15) is 4.79 Å². The van der Waals surface area contributed by atoms with Crippen LogP contribution in [0.2, 0.25) is 5.02 Å². The molecule has 2 nitrogen and oxygen atoms in total. The number of hydrogen-bond donors (Lipinski definition) is 0. The Labute approximate surface area is 108 Å². The first kappa shape index (κ1) is 14.0. The predicted octanol–water partition coefficient (Wildman–Crippen LogP) is 4.42. The zero-order valence-corrected chi connectivity index (χ0v) is 11.4. The van der Waals surface area contributed by atoms with Crippen molar-refractivity contribution in [3.63, 3.8) is 0 Å². The van der Waals surface area contributed by atoms with Gasteiger partial charge in [0.2, 0.25) is 0 Å². The average molecular weight is 255 g/mol. The molecule has 3 heteroatoms. The molecule has 94 valence electrons. The van der Waals surface area contributed by atoms with E-state index in [1.165, 1.54) is 0 Å². The number of aryl methyl sites for hydroxylation is 1. The van der Waals surface area contributed by atoms with Gasteiger partial charge in [-0.1, -0.05) is 24.9 Å². The summed E-state index contributed by atoms with van der Waals surface area (Å²) in [6.45, 7) is 6.43. The number of ketones is 1. The summed E-state index contributed by atoms with van der Waals surface area (Å²) in [6.07, 6.45) is 2.46. The van der Waals surface area contributed by atoms with Crippen LogP contribution in [-0.2, 0) is 0 Å². The maximum Gasteiger partial charge on any atom is 0.166 e. The molecule has 0 spiro atoms. The molecule has 0 fully saturated rings. The van der Waals surface area contributed by atoms with Crippen molar-refractivity contribution in [2.75, 3.05) is 6.61 Å². The van der Waals surface area contributed by atoms with Crippen LogP contribution in [0.15, 0.2) is 12.1 Å². The maximum absolute atomic E-state index is 12.0. The zero-order valence-electron chi connectivity index (χ0n) is 10.7. The van der Waals surface area contributed by atoms with Crippen LogP contribution in [0.3, 0.4) is 0 Å². The number of hydrogen-bond acceptors (Lipinski definition) is 2. The first-order valence-electron chi connectivity index (χ1n) is 6.06. The molecule has 0 bridgehead atoms. The summed E-state index contributed by atoms with van der Waals surface area (Å²) in [5.74, 6) is 0.757. The number of rotatable bonds is 6. The minimum absolute atomic E-state index is 0.109. The molecular formula is C14H19ClO2. The monoisotopic (exact) mass is 254 g/mol. The molecule has 1 aromatic carbocycles. The molecule has 0 aliphatic rings. The quantitative estimate of drug-likeness (QED) is 0.703. The van der Waals surface area contributed by atoms with Gasteiger partial charge in [0.05, 0.1) is 12.2 Å². The van der Waals surface area contributed by atoms with Crippen LogP contribution in [0.5, 0.6) is 5.75 Å². The second-order valence-electron chi connectivity index (χ2n) is 4.06. The number of halogens is 1. The van der Waals surface area contributed by atoms with E-state index < -0.39 is 0 Å². The second kappa shape index (κ2) is 6.65. The van der Waals surface area contributed by atoms with Crippen molar-refractivity contribution in [2.24, 2.45) is 0 Å². The highest BCUT2D eigenvalue weighted by Gasteiger charge is 2.14. The summed E-state index contributed by atoms with van der Waals surface area (Å²) < 4.78 is 5.49. The summed E-state index contributed by atoms with van der Waals surface area (Å²) in [6, 6.07) is 3.56. The summed E-state index contributed by atoms with van der Waals surface area (Å²) in [5.41, 5.74) is 1.54. The number of carbonyl (C=O) groups is 1. The molecule has 0 aromatic heterocycles. The molecule has 0 amide bonds. The van der Waals surface area contributed by atoms with Gasteiger partial charge in [0.1, 0.15) is 5.75 Å². The van der Waals surface area contributed by atoms with Gasteiger partial charge in [0.25, 0.3) is 0 Å². The SMILES string of the molecule is CCCCC(=O)c1cc(Cl)c(C)cc1OCC. The van der Waals surface area contributed by atoms with Crippen molar-refractivity contribution in [1.29, 1.82) is 0 Å². The Morgan fingerprint density at radius 1 is 1.35 bits per heavy atom. The van der Waals surface area contributed by atoms with E-state index in [0.717, 1.165) is 18.4 Å². The molecular weight excluding hydrogens is 236 g/mol. The Morgan fingerprint density at radius 3 is 2.65 bits per heavy atom. The molecule has 0 aliphatic carbocycles. The minimum Gasteiger partial charge on any atom is -0.493 e. The van der Waals surface area contributed by atoms with E-state index in [1.807, 2.05) is 19.9 Å². The number of carbonyl (C=O) groups excluding carboxylic acids is 1. The van der Waals surface area contributed by atoms with E-state index in [1.54, 1.807) is 6.07 Å². The van der Waals surface area contributed by atoms with Crippen LogP contribution in [-0.4, -0.2) is 12.4 Å². The van der Waals surface area contributed by atoms with Crippen LogP contribution in [0.25, 0.3) is 0 Å². The lowest BCUT2D eigenvalue weighted by Crippen LogP contribution is -2.04. The Balaban J connectivity index is 3.02. The molecule has 0 heterocycles. The van der Waals surface area contributed by atoms with E-state index in [0.29, 0.717) is 29.4 Å². The van der Waals surface area contributed by atoms with Crippen molar-refractivity contribution in [1.82, 2.24) is 0 Å². The highest BCUT2D eigenvalue weighted by atomic mass is 35.5. The second-order valence-corrected chi connectivity index (χ2v) is 4.46. The first-order chi connectivity index (χ1) is 8.10. The van der Waals surface area contributed by atoms with Crippen LogP contribution in [0.4, 0.5) is 0 Å². The molecule has 0 saturated carbocycles. The Hall–Kier alpha value is -1.02. The molecule has 1 aromatic rings. The molecule has 0 atom stereocenters. The largest absolute Gasteiger partial charge is 0.493 e. The van der Waals surface area contributed by atoms with Gasteiger partial charge in [-0.3, -0.25) is 4.79 Å². The first-order valence-corrected chi connectivity index (χ1v) is 6.44. The van der Waals surface area contributed by atoms with Gasteiger partial charge < -0.3 is 4.74 Å². The van der Waals surface area contributed by atoms with Gasteiger partial charge in [-0.25, -0.2) is 0 Å². The summed E-state index contributed by atoms with van der Waals surface area (Å²) in [7, 11) is 0. The Bertz CT molecular complexity index is 399.